The predicted octanol–water partition coefficient (Wildman–Crippen LogP) is 3.65. The molecule has 1 atom stereocenters. The molecular formula is C19H19ClN2O4S2. The van der Waals surface area contributed by atoms with Crippen LogP contribution in [0.3, 0.4) is 0 Å². The largest absolute Gasteiger partial charge is 0.419 e. The maximum absolute atomic E-state index is 13.2. The van der Waals surface area contributed by atoms with Crippen molar-refractivity contribution in [3.05, 3.63) is 63.6 Å². The summed E-state index contributed by atoms with van der Waals surface area (Å²) in [6, 6.07) is 12.2. The normalized spacial score (nSPS) is 19.0. The van der Waals surface area contributed by atoms with Gasteiger partial charge in [0.05, 0.1) is 10.4 Å². The number of fused-ring (bicyclic) bond motifs is 1. The molecule has 3 aromatic rings. The molecule has 0 bridgehead atoms. The van der Waals surface area contributed by atoms with Crippen molar-refractivity contribution in [2.24, 2.45) is 7.05 Å². The van der Waals surface area contributed by atoms with E-state index in [-0.39, 0.29) is 10.1 Å². The SMILES string of the molecule is Cn1c(=O)oc2ccc(S(=O)(=O)N3CCSC(c4ccccc4Cl)CC3)cc21. The third kappa shape index (κ3) is 3.50. The lowest BCUT2D eigenvalue weighted by molar-refractivity contribution is 0.428. The molecule has 0 N–H and O–H groups in total. The number of nitrogens with zero attached hydrogens (tertiary/aromatic N) is 2. The second kappa shape index (κ2) is 7.59. The molecular weight excluding hydrogens is 420 g/mol. The Kier molecular flexibility index (Phi) is 5.30. The molecule has 1 saturated heterocycles. The lowest BCUT2D eigenvalue weighted by Crippen LogP contribution is -2.33. The van der Waals surface area contributed by atoms with E-state index in [2.05, 4.69) is 0 Å². The quantitative estimate of drug-likeness (QED) is 0.624. The first kappa shape index (κ1) is 19.6. The first-order valence-corrected chi connectivity index (χ1v) is 11.7. The maximum atomic E-state index is 13.2. The molecule has 0 amide bonds. The lowest BCUT2D eigenvalue weighted by atomic mass is 10.1. The molecule has 0 spiro atoms. The highest BCUT2D eigenvalue weighted by molar-refractivity contribution is 7.99. The minimum atomic E-state index is -3.67. The molecule has 1 unspecified atom stereocenters. The van der Waals surface area contributed by atoms with Gasteiger partial charge in [0.1, 0.15) is 0 Å². The van der Waals surface area contributed by atoms with Crippen LogP contribution in [0.4, 0.5) is 0 Å². The average molecular weight is 439 g/mol. The molecule has 9 heteroatoms. The highest BCUT2D eigenvalue weighted by Crippen LogP contribution is 2.38. The Bertz CT molecular complexity index is 1190. The number of oxazole rings is 1. The monoisotopic (exact) mass is 438 g/mol. The van der Waals surface area contributed by atoms with Crippen molar-refractivity contribution in [3.63, 3.8) is 0 Å². The number of halogens is 1. The van der Waals surface area contributed by atoms with E-state index >= 15 is 0 Å². The van der Waals surface area contributed by atoms with Gasteiger partial charge in [0.2, 0.25) is 10.0 Å². The van der Waals surface area contributed by atoms with E-state index < -0.39 is 15.8 Å². The molecule has 28 heavy (non-hydrogen) atoms. The molecule has 148 valence electrons. The van der Waals surface area contributed by atoms with Crippen LogP contribution in [0.25, 0.3) is 11.1 Å². The van der Waals surface area contributed by atoms with Gasteiger partial charge in [-0.2, -0.15) is 16.1 Å². The summed E-state index contributed by atoms with van der Waals surface area (Å²) in [5, 5.41) is 0.869. The van der Waals surface area contributed by atoms with Crippen LogP contribution in [0.2, 0.25) is 5.02 Å². The van der Waals surface area contributed by atoms with E-state index in [4.69, 9.17) is 16.0 Å². The summed E-state index contributed by atoms with van der Waals surface area (Å²) in [5.74, 6) is 0.167. The summed E-state index contributed by atoms with van der Waals surface area (Å²) in [7, 11) is -2.11. The number of benzene rings is 2. The molecule has 1 aliphatic rings. The van der Waals surface area contributed by atoms with Crippen molar-refractivity contribution in [3.8, 4) is 0 Å². The standard InChI is InChI=1S/C19H19ClN2O4S2/c1-21-16-12-13(6-7-17(16)26-19(21)23)28(24,25)22-9-8-18(27-11-10-22)14-4-2-3-5-15(14)20/h2-7,12,18H,8-11H2,1H3. The van der Waals surface area contributed by atoms with Crippen molar-refractivity contribution in [1.82, 2.24) is 8.87 Å². The van der Waals surface area contributed by atoms with Gasteiger partial charge in [-0.3, -0.25) is 4.57 Å². The summed E-state index contributed by atoms with van der Waals surface area (Å²) in [4.78, 5) is 11.8. The third-order valence-electron chi connectivity index (χ3n) is 4.95. The Hall–Kier alpha value is -1.74. The van der Waals surface area contributed by atoms with Crippen LogP contribution in [0.15, 0.2) is 56.6 Å². The van der Waals surface area contributed by atoms with Gasteiger partial charge in [0, 0.05) is 36.2 Å². The Labute approximate surface area is 172 Å². The number of sulfonamides is 1. The van der Waals surface area contributed by atoms with Gasteiger partial charge >= 0.3 is 5.76 Å². The maximum Gasteiger partial charge on any atom is 0.419 e. The zero-order valence-electron chi connectivity index (χ0n) is 15.2. The number of thioether (sulfide) groups is 1. The van der Waals surface area contributed by atoms with Crippen LogP contribution in [-0.2, 0) is 17.1 Å². The number of hydrogen-bond donors (Lipinski definition) is 0. The van der Waals surface area contributed by atoms with Crippen molar-refractivity contribution in [1.29, 1.82) is 0 Å². The second-order valence-corrected chi connectivity index (χ2v) is 10.3. The minimum Gasteiger partial charge on any atom is -0.408 e. The molecule has 1 fully saturated rings. The number of aryl methyl sites for hydroxylation is 1. The van der Waals surface area contributed by atoms with Gasteiger partial charge < -0.3 is 4.42 Å². The Morgan fingerprint density at radius 2 is 1.96 bits per heavy atom. The fourth-order valence-corrected chi connectivity index (χ4v) is 6.58. The fraction of sp³-hybridized carbons (Fsp3) is 0.316. The van der Waals surface area contributed by atoms with E-state index in [1.54, 1.807) is 18.8 Å². The molecule has 1 aliphatic heterocycles. The molecule has 0 saturated carbocycles. The second-order valence-electron chi connectivity index (χ2n) is 6.63. The number of rotatable bonds is 3. The smallest absolute Gasteiger partial charge is 0.408 e. The van der Waals surface area contributed by atoms with Gasteiger partial charge in [-0.25, -0.2) is 13.2 Å². The highest BCUT2D eigenvalue weighted by atomic mass is 35.5. The first-order valence-electron chi connectivity index (χ1n) is 8.83. The summed E-state index contributed by atoms with van der Waals surface area (Å²) in [5.41, 5.74) is 1.88. The van der Waals surface area contributed by atoms with Crippen LogP contribution in [-0.4, -0.2) is 36.1 Å². The summed E-state index contributed by atoms with van der Waals surface area (Å²) in [6.45, 7) is 0.837. The van der Waals surface area contributed by atoms with E-state index in [1.165, 1.54) is 27.1 Å². The minimum absolute atomic E-state index is 0.158. The van der Waals surface area contributed by atoms with Crippen LogP contribution in [0.5, 0.6) is 0 Å². The van der Waals surface area contributed by atoms with Crippen LogP contribution in [0, 0.1) is 0 Å². The lowest BCUT2D eigenvalue weighted by Gasteiger charge is -2.20. The zero-order valence-corrected chi connectivity index (χ0v) is 17.6. The molecule has 2 heterocycles. The van der Waals surface area contributed by atoms with Crippen LogP contribution >= 0.6 is 23.4 Å². The fourth-order valence-electron chi connectivity index (χ4n) is 3.39. The van der Waals surface area contributed by atoms with E-state index in [9.17, 15) is 13.2 Å². The summed E-state index contributed by atoms with van der Waals surface area (Å²) < 4.78 is 34.3. The molecule has 0 aliphatic carbocycles. The predicted molar refractivity (Wildman–Crippen MR) is 111 cm³/mol. The summed E-state index contributed by atoms with van der Waals surface area (Å²) >= 11 is 8.05. The Morgan fingerprint density at radius 3 is 2.75 bits per heavy atom. The third-order valence-corrected chi connectivity index (χ3v) is 8.50. The van der Waals surface area contributed by atoms with Gasteiger partial charge in [0.15, 0.2) is 5.58 Å². The zero-order chi connectivity index (χ0) is 19.9. The van der Waals surface area contributed by atoms with Gasteiger partial charge in [-0.1, -0.05) is 29.8 Å². The van der Waals surface area contributed by atoms with E-state index in [0.717, 1.165) is 5.56 Å². The van der Waals surface area contributed by atoms with Crippen LogP contribution in [0.1, 0.15) is 17.2 Å². The van der Waals surface area contributed by atoms with Gasteiger partial charge in [-0.05, 0) is 36.2 Å². The molecule has 2 aromatic carbocycles. The summed E-state index contributed by atoms with van der Waals surface area (Å²) in [6.07, 6.45) is 0.681. The number of hydrogen-bond acceptors (Lipinski definition) is 5. The van der Waals surface area contributed by atoms with Crippen molar-refractivity contribution in [2.45, 2.75) is 16.6 Å². The molecule has 0 radical (unpaired) electrons. The first-order chi connectivity index (χ1) is 13.4. The van der Waals surface area contributed by atoms with Crippen LogP contribution < -0.4 is 5.76 Å². The Balaban J connectivity index is 1.61. The molecule has 6 nitrogen and oxygen atoms in total. The van der Waals surface area contributed by atoms with Crippen molar-refractivity contribution in [2.75, 3.05) is 18.8 Å². The van der Waals surface area contributed by atoms with Gasteiger partial charge in [0.25, 0.3) is 0 Å². The number of aromatic nitrogens is 1. The van der Waals surface area contributed by atoms with E-state index in [1.807, 2.05) is 24.3 Å². The van der Waals surface area contributed by atoms with Crippen molar-refractivity contribution >= 4 is 44.5 Å². The average Bonchev–Trinajstić information content (AvgIpc) is 2.86. The highest BCUT2D eigenvalue weighted by Gasteiger charge is 2.29. The van der Waals surface area contributed by atoms with E-state index in [0.29, 0.717) is 41.4 Å². The van der Waals surface area contributed by atoms with Crippen molar-refractivity contribution < 1.29 is 12.8 Å². The molecule has 4 rings (SSSR count). The van der Waals surface area contributed by atoms with Gasteiger partial charge in [-0.15, -0.1) is 0 Å². The molecule has 1 aromatic heterocycles. The Morgan fingerprint density at radius 1 is 1.18 bits per heavy atom. The topological polar surface area (TPSA) is 72.5 Å².